The number of methoxy groups -OCH3 is 1. The molecule has 0 saturated heterocycles. The van der Waals surface area contributed by atoms with Gasteiger partial charge in [-0.3, -0.25) is 0 Å². The molecular formula is C11H21N3O. The second-order valence-corrected chi connectivity index (χ2v) is 3.93. The molecule has 4 heteroatoms. The predicted octanol–water partition coefficient (Wildman–Crippen LogP) is 1.28. The van der Waals surface area contributed by atoms with Crippen molar-refractivity contribution >= 4 is 0 Å². The second-order valence-electron chi connectivity index (χ2n) is 3.93. The van der Waals surface area contributed by atoms with Crippen molar-refractivity contribution in [1.29, 1.82) is 0 Å². The number of nitrogens with zero attached hydrogens (tertiary/aromatic N) is 2. The van der Waals surface area contributed by atoms with Crippen LogP contribution in [0, 0.1) is 6.92 Å². The van der Waals surface area contributed by atoms with Crippen LogP contribution in [0.1, 0.15) is 24.6 Å². The van der Waals surface area contributed by atoms with E-state index >= 15 is 0 Å². The van der Waals surface area contributed by atoms with Gasteiger partial charge < -0.3 is 10.1 Å². The third-order valence-electron chi connectivity index (χ3n) is 2.80. The third kappa shape index (κ3) is 2.72. The van der Waals surface area contributed by atoms with Crippen LogP contribution < -0.4 is 10.1 Å². The Hall–Kier alpha value is -1.03. The van der Waals surface area contributed by atoms with Crippen molar-refractivity contribution in [3.63, 3.8) is 0 Å². The average Bonchev–Trinajstić information content (AvgIpc) is 2.49. The van der Waals surface area contributed by atoms with Gasteiger partial charge in [-0.05, 0) is 33.7 Å². The van der Waals surface area contributed by atoms with Crippen LogP contribution in [-0.4, -0.2) is 30.0 Å². The summed E-state index contributed by atoms with van der Waals surface area (Å²) in [5.41, 5.74) is 2.29. The standard InChI is InChI=1S/C11H21N3O/c1-8(12-3)6-7-10-9(2)13-14(4)11(10)15-5/h8,12H,6-7H2,1-5H3. The minimum Gasteiger partial charge on any atom is -0.481 e. The Bertz CT molecular complexity index is 320. The predicted molar refractivity (Wildman–Crippen MR) is 61.3 cm³/mol. The number of ether oxygens (including phenoxy) is 1. The molecule has 15 heavy (non-hydrogen) atoms. The zero-order valence-corrected chi connectivity index (χ0v) is 10.3. The van der Waals surface area contributed by atoms with Gasteiger partial charge in [0.25, 0.3) is 0 Å². The summed E-state index contributed by atoms with van der Waals surface area (Å²) in [7, 11) is 5.59. The van der Waals surface area contributed by atoms with Crippen molar-refractivity contribution in [3.05, 3.63) is 11.3 Å². The van der Waals surface area contributed by atoms with Crippen LogP contribution in [0.25, 0.3) is 0 Å². The fourth-order valence-electron chi connectivity index (χ4n) is 1.73. The first kappa shape index (κ1) is 12.0. The molecule has 0 fully saturated rings. The highest BCUT2D eigenvalue weighted by atomic mass is 16.5. The molecule has 1 N–H and O–H groups in total. The summed E-state index contributed by atoms with van der Waals surface area (Å²) in [5, 5.41) is 7.59. The van der Waals surface area contributed by atoms with Crippen molar-refractivity contribution in [2.45, 2.75) is 32.7 Å². The lowest BCUT2D eigenvalue weighted by atomic mass is 10.1. The van der Waals surface area contributed by atoms with Gasteiger partial charge in [-0.25, -0.2) is 4.68 Å². The first-order chi connectivity index (χ1) is 7.10. The van der Waals surface area contributed by atoms with Crippen LogP contribution >= 0.6 is 0 Å². The van der Waals surface area contributed by atoms with Crippen molar-refractivity contribution in [2.24, 2.45) is 7.05 Å². The van der Waals surface area contributed by atoms with Gasteiger partial charge >= 0.3 is 0 Å². The minimum absolute atomic E-state index is 0.523. The summed E-state index contributed by atoms with van der Waals surface area (Å²) in [6.07, 6.45) is 2.10. The fourth-order valence-corrected chi connectivity index (χ4v) is 1.73. The third-order valence-corrected chi connectivity index (χ3v) is 2.80. The van der Waals surface area contributed by atoms with Crippen LogP contribution in [0.5, 0.6) is 5.88 Å². The molecule has 1 aromatic heterocycles. The fraction of sp³-hybridized carbons (Fsp3) is 0.727. The molecule has 1 unspecified atom stereocenters. The summed E-state index contributed by atoms with van der Waals surface area (Å²) in [4.78, 5) is 0. The summed E-state index contributed by atoms with van der Waals surface area (Å²) in [6, 6.07) is 0.523. The molecule has 86 valence electrons. The van der Waals surface area contributed by atoms with Crippen LogP contribution in [0.15, 0.2) is 0 Å². The summed E-state index contributed by atoms with van der Waals surface area (Å²) < 4.78 is 7.14. The molecule has 1 atom stereocenters. The smallest absolute Gasteiger partial charge is 0.214 e. The zero-order valence-electron chi connectivity index (χ0n) is 10.3. The molecule has 0 radical (unpaired) electrons. The molecule has 0 amide bonds. The normalized spacial score (nSPS) is 12.9. The number of aromatic nitrogens is 2. The van der Waals surface area contributed by atoms with Crippen molar-refractivity contribution in [2.75, 3.05) is 14.2 Å². The monoisotopic (exact) mass is 211 g/mol. The van der Waals surface area contributed by atoms with Gasteiger partial charge in [-0.1, -0.05) is 0 Å². The number of nitrogens with one attached hydrogen (secondary N) is 1. The van der Waals surface area contributed by atoms with Crippen molar-refractivity contribution in [3.8, 4) is 5.88 Å². The largest absolute Gasteiger partial charge is 0.481 e. The van der Waals surface area contributed by atoms with Gasteiger partial charge in [-0.15, -0.1) is 0 Å². The Kier molecular flexibility index (Phi) is 4.15. The van der Waals surface area contributed by atoms with Crippen LogP contribution in [0.2, 0.25) is 0 Å². The molecule has 1 heterocycles. The number of aryl methyl sites for hydroxylation is 2. The molecule has 1 rings (SSSR count). The Balaban J connectivity index is 2.75. The van der Waals surface area contributed by atoms with Gasteiger partial charge in [0.2, 0.25) is 5.88 Å². The number of hydrogen-bond donors (Lipinski definition) is 1. The quantitative estimate of drug-likeness (QED) is 0.797. The Morgan fingerprint density at radius 1 is 1.53 bits per heavy atom. The summed E-state index contributed by atoms with van der Waals surface area (Å²) in [6.45, 7) is 4.21. The van der Waals surface area contributed by atoms with Crippen molar-refractivity contribution < 1.29 is 4.74 Å². The molecule has 1 aromatic rings. The molecule has 0 aromatic carbocycles. The van der Waals surface area contributed by atoms with Crippen LogP contribution in [0.4, 0.5) is 0 Å². The molecule has 0 spiro atoms. The maximum atomic E-state index is 5.34. The number of rotatable bonds is 5. The van der Waals surface area contributed by atoms with Gasteiger partial charge in [0.05, 0.1) is 12.8 Å². The number of hydrogen-bond acceptors (Lipinski definition) is 3. The molecule has 0 aliphatic rings. The van der Waals surface area contributed by atoms with E-state index in [1.54, 1.807) is 11.8 Å². The summed E-state index contributed by atoms with van der Waals surface area (Å²) in [5.74, 6) is 0.885. The maximum Gasteiger partial charge on any atom is 0.214 e. The zero-order chi connectivity index (χ0) is 11.4. The van der Waals surface area contributed by atoms with E-state index in [-0.39, 0.29) is 0 Å². The Morgan fingerprint density at radius 3 is 2.73 bits per heavy atom. The minimum atomic E-state index is 0.523. The van der Waals surface area contributed by atoms with E-state index < -0.39 is 0 Å². The van der Waals surface area contributed by atoms with E-state index in [9.17, 15) is 0 Å². The van der Waals surface area contributed by atoms with Gasteiger partial charge in [0.15, 0.2) is 0 Å². The van der Waals surface area contributed by atoms with Gasteiger partial charge in [-0.2, -0.15) is 5.10 Å². The van der Waals surface area contributed by atoms with E-state index in [4.69, 9.17) is 4.74 Å². The average molecular weight is 211 g/mol. The molecule has 0 aliphatic heterocycles. The lowest BCUT2D eigenvalue weighted by Crippen LogP contribution is -2.21. The topological polar surface area (TPSA) is 39.1 Å². The molecule has 0 saturated carbocycles. The lowest BCUT2D eigenvalue weighted by Gasteiger charge is -2.10. The van der Waals surface area contributed by atoms with Gasteiger partial charge in [0, 0.05) is 18.7 Å². The maximum absolute atomic E-state index is 5.34. The van der Waals surface area contributed by atoms with E-state index in [2.05, 4.69) is 17.3 Å². The molecule has 0 bridgehead atoms. The Morgan fingerprint density at radius 2 is 2.20 bits per heavy atom. The van der Waals surface area contributed by atoms with Crippen LogP contribution in [0.3, 0.4) is 0 Å². The summed E-state index contributed by atoms with van der Waals surface area (Å²) >= 11 is 0. The first-order valence-corrected chi connectivity index (χ1v) is 5.33. The van der Waals surface area contributed by atoms with E-state index in [0.29, 0.717) is 6.04 Å². The lowest BCUT2D eigenvalue weighted by molar-refractivity contribution is 0.368. The first-order valence-electron chi connectivity index (χ1n) is 5.33. The van der Waals surface area contributed by atoms with E-state index in [0.717, 1.165) is 24.4 Å². The van der Waals surface area contributed by atoms with Crippen molar-refractivity contribution in [1.82, 2.24) is 15.1 Å². The highest BCUT2D eigenvalue weighted by Crippen LogP contribution is 2.22. The van der Waals surface area contributed by atoms with Gasteiger partial charge in [0.1, 0.15) is 0 Å². The van der Waals surface area contributed by atoms with E-state index in [1.165, 1.54) is 5.56 Å². The molecule has 0 aliphatic carbocycles. The van der Waals surface area contributed by atoms with E-state index in [1.807, 2.05) is 21.0 Å². The highest BCUT2D eigenvalue weighted by Gasteiger charge is 2.14. The SMILES string of the molecule is CNC(C)CCc1c(C)nn(C)c1OC. The molecule has 4 nitrogen and oxygen atoms in total. The van der Waals surface area contributed by atoms with Crippen LogP contribution in [-0.2, 0) is 13.5 Å². The highest BCUT2D eigenvalue weighted by molar-refractivity contribution is 5.31. The Labute approximate surface area is 91.6 Å². The molecular weight excluding hydrogens is 190 g/mol. The second kappa shape index (κ2) is 5.16.